The van der Waals surface area contributed by atoms with Gasteiger partial charge in [0.15, 0.2) is 5.78 Å². The summed E-state index contributed by atoms with van der Waals surface area (Å²) in [6, 6.07) is 7.77. The summed E-state index contributed by atoms with van der Waals surface area (Å²) in [6.07, 6.45) is 3.69. The predicted octanol–water partition coefficient (Wildman–Crippen LogP) is 2.68. The van der Waals surface area contributed by atoms with Gasteiger partial charge in [0.1, 0.15) is 17.1 Å². The Morgan fingerprint density at radius 1 is 1.43 bits per heavy atom. The summed E-state index contributed by atoms with van der Waals surface area (Å²) in [5.41, 5.74) is 2.14. The lowest BCUT2D eigenvalue weighted by Gasteiger charge is -2.18. The minimum atomic E-state index is -0.871. The van der Waals surface area contributed by atoms with Crippen molar-refractivity contribution in [3.05, 3.63) is 64.6 Å². The lowest BCUT2D eigenvalue weighted by atomic mass is 9.95. The van der Waals surface area contributed by atoms with Gasteiger partial charge in [0.25, 0.3) is 0 Å². The monoisotopic (exact) mass is 286 g/mol. The molecule has 4 nitrogen and oxygen atoms in total. The first-order valence-electron chi connectivity index (χ1n) is 6.66. The summed E-state index contributed by atoms with van der Waals surface area (Å²) in [5, 5.41) is 19.7. The molecule has 0 bridgehead atoms. The van der Waals surface area contributed by atoms with E-state index < -0.39 is 6.10 Å². The van der Waals surface area contributed by atoms with Gasteiger partial charge < -0.3 is 14.9 Å². The Bertz CT molecular complexity index is 638. The minimum absolute atomic E-state index is 0.0511. The van der Waals surface area contributed by atoms with Gasteiger partial charge in [0.05, 0.1) is 13.2 Å². The molecule has 1 aromatic carbocycles. The van der Waals surface area contributed by atoms with Crippen molar-refractivity contribution in [2.45, 2.75) is 19.4 Å². The molecule has 1 unspecified atom stereocenters. The zero-order valence-electron chi connectivity index (χ0n) is 12.0. The fourth-order valence-electron chi connectivity index (χ4n) is 2.22. The molecule has 21 heavy (non-hydrogen) atoms. The number of aliphatic hydroxyl groups excluding tert-OH is 2. The Labute approximate surface area is 123 Å². The number of hydrogen-bond acceptors (Lipinski definition) is 4. The number of carbonyl (C=O) groups is 1. The number of rotatable bonds is 3. The summed E-state index contributed by atoms with van der Waals surface area (Å²) in [7, 11) is 1.40. The Morgan fingerprint density at radius 3 is 2.86 bits per heavy atom. The van der Waals surface area contributed by atoms with Crippen molar-refractivity contribution in [1.82, 2.24) is 0 Å². The van der Waals surface area contributed by atoms with Gasteiger partial charge in [-0.3, -0.25) is 4.79 Å². The van der Waals surface area contributed by atoms with E-state index in [1.807, 2.05) is 31.2 Å². The molecule has 0 spiro atoms. The lowest BCUT2D eigenvalue weighted by molar-refractivity contribution is -0.117. The molecule has 110 valence electrons. The van der Waals surface area contributed by atoms with Crippen LogP contribution in [0.1, 0.15) is 17.5 Å². The fraction of sp³-hybridized carbons (Fsp3) is 0.235. The molecule has 0 radical (unpaired) electrons. The van der Waals surface area contributed by atoms with Gasteiger partial charge in [-0.05, 0) is 24.6 Å². The molecule has 0 fully saturated rings. The Hall–Kier alpha value is -2.33. The molecular formula is C17H18O4. The number of benzene rings is 1. The fourth-order valence-corrected chi connectivity index (χ4v) is 2.22. The summed E-state index contributed by atoms with van der Waals surface area (Å²) in [6.45, 7) is 1.98. The van der Waals surface area contributed by atoms with Crippen molar-refractivity contribution in [3.8, 4) is 0 Å². The average Bonchev–Trinajstić information content (AvgIpc) is 2.44. The third kappa shape index (κ3) is 3.61. The molecule has 1 aliphatic carbocycles. The summed E-state index contributed by atoms with van der Waals surface area (Å²) >= 11 is 0. The molecular weight excluding hydrogens is 268 g/mol. The van der Waals surface area contributed by atoms with Crippen LogP contribution in [-0.2, 0) is 9.53 Å². The van der Waals surface area contributed by atoms with E-state index in [0.717, 1.165) is 11.1 Å². The van der Waals surface area contributed by atoms with Crippen LogP contribution in [0.5, 0.6) is 0 Å². The van der Waals surface area contributed by atoms with Crippen molar-refractivity contribution in [2.24, 2.45) is 0 Å². The molecule has 0 heterocycles. The van der Waals surface area contributed by atoms with Crippen molar-refractivity contribution in [1.29, 1.82) is 0 Å². The number of aliphatic hydroxyl groups is 2. The van der Waals surface area contributed by atoms with Crippen LogP contribution in [-0.4, -0.2) is 29.2 Å². The summed E-state index contributed by atoms with van der Waals surface area (Å²) in [4.78, 5) is 11.9. The van der Waals surface area contributed by atoms with Crippen LogP contribution < -0.4 is 0 Å². The maximum Gasteiger partial charge on any atom is 0.173 e. The van der Waals surface area contributed by atoms with Gasteiger partial charge in [-0.2, -0.15) is 0 Å². The third-order valence-corrected chi connectivity index (χ3v) is 3.22. The number of carbonyl (C=O) groups excluding carboxylic acids is 1. The van der Waals surface area contributed by atoms with Gasteiger partial charge in [-0.1, -0.05) is 35.9 Å². The van der Waals surface area contributed by atoms with Crippen molar-refractivity contribution < 1.29 is 19.7 Å². The maximum atomic E-state index is 11.9. The Morgan fingerprint density at radius 2 is 2.19 bits per heavy atom. The first-order chi connectivity index (χ1) is 10.0. The predicted molar refractivity (Wildman–Crippen MR) is 80.6 cm³/mol. The molecule has 0 amide bonds. The van der Waals surface area contributed by atoms with Crippen LogP contribution in [0.4, 0.5) is 0 Å². The standard InChI is InChI=1S/C17H18O4/c1-11-4-3-5-12(8-11)6-7-14(19)17-15(20)9-13(18)10-16(17)21-2/h3-8,10,13,18-19H,9H2,1-2H3/b7-6+,17-14?. The van der Waals surface area contributed by atoms with E-state index in [9.17, 15) is 15.0 Å². The second-order valence-electron chi connectivity index (χ2n) is 4.94. The zero-order chi connectivity index (χ0) is 15.4. The van der Waals surface area contributed by atoms with E-state index in [1.165, 1.54) is 19.3 Å². The molecule has 1 atom stereocenters. The molecule has 0 aliphatic heterocycles. The number of Topliss-reactive ketones (excluding diaryl/α,β-unsaturated/α-hetero) is 1. The highest BCUT2D eigenvalue weighted by Gasteiger charge is 2.27. The van der Waals surface area contributed by atoms with E-state index >= 15 is 0 Å². The van der Waals surface area contributed by atoms with Crippen molar-refractivity contribution in [3.63, 3.8) is 0 Å². The highest BCUT2D eigenvalue weighted by molar-refractivity contribution is 6.01. The molecule has 0 saturated heterocycles. The molecule has 2 N–H and O–H groups in total. The average molecular weight is 286 g/mol. The molecule has 1 aliphatic rings. The number of methoxy groups -OCH3 is 1. The van der Waals surface area contributed by atoms with Gasteiger partial charge in [0, 0.05) is 6.42 Å². The number of ketones is 1. The van der Waals surface area contributed by atoms with Gasteiger partial charge in [0.2, 0.25) is 0 Å². The largest absolute Gasteiger partial charge is 0.507 e. The van der Waals surface area contributed by atoms with Crippen LogP contribution in [0, 0.1) is 6.92 Å². The van der Waals surface area contributed by atoms with E-state index in [2.05, 4.69) is 0 Å². The number of hydrogen-bond donors (Lipinski definition) is 2. The maximum absolute atomic E-state index is 11.9. The topological polar surface area (TPSA) is 66.8 Å². The van der Waals surface area contributed by atoms with Gasteiger partial charge in [-0.15, -0.1) is 0 Å². The molecule has 0 aromatic heterocycles. The van der Waals surface area contributed by atoms with E-state index in [0.29, 0.717) is 0 Å². The van der Waals surface area contributed by atoms with E-state index in [-0.39, 0.29) is 29.3 Å². The highest BCUT2D eigenvalue weighted by atomic mass is 16.5. The minimum Gasteiger partial charge on any atom is -0.507 e. The van der Waals surface area contributed by atoms with Crippen LogP contribution in [0.2, 0.25) is 0 Å². The molecule has 0 saturated carbocycles. The summed E-state index contributed by atoms with van der Waals surface area (Å²) < 4.78 is 5.07. The lowest BCUT2D eigenvalue weighted by Crippen LogP contribution is -2.22. The van der Waals surface area contributed by atoms with Crippen LogP contribution >= 0.6 is 0 Å². The second kappa shape index (κ2) is 6.41. The second-order valence-corrected chi connectivity index (χ2v) is 4.94. The van der Waals surface area contributed by atoms with E-state index in [1.54, 1.807) is 6.08 Å². The van der Waals surface area contributed by atoms with Gasteiger partial charge >= 0.3 is 0 Å². The highest BCUT2D eigenvalue weighted by Crippen LogP contribution is 2.25. The SMILES string of the molecule is COC1=CC(O)CC(=O)C1=C(O)/C=C/c1cccc(C)c1. The normalized spacial score (nSPS) is 21.4. The van der Waals surface area contributed by atoms with Crippen molar-refractivity contribution in [2.75, 3.05) is 7.11 Å². The first kappa shape index (κ1) is 15.1. The zero-order valence-corrected chi connectivity index (χ0v) is 12.0. The quantitative estimate of drug-likeness (QED) is 0.662. The van der Waals surface area contributed by atoms with Crippen LogP contribution in [0.3, 0.4) is 0 Å². The summed E-state index contributed by atoms with van der Waals surface area (Å²) in [5.74, 6) is -0.306. The third-order valence-electron chi connectivity index (χ3n) is 3.22. The molecule has 2 rings (SSSR count). The van der Waals surface area contributed by atoms with Crippen LogP contribution in [0.15, 0.2) is 53.5 Å². The Balaban J connectivity index is 2.34. The smallest absolute Gasteiger partial charge is 0.173 e. The number of allylic oxidation sites excluding steroid dienone is 2. The molecule has 1 aromatic rings. The van der Waals surface area contributed by atoms with E-state index in [4.69, 9.17) is 4.74 Å². The number of ether oxygens (including phenoxy) is 1. The number of aryl methyl sites for hydroxylation is 1. The molecule has 4 heteroatoms. The van der Waals surface area contributed by atoms with Gasteiger partial charge in [-0.25, -0.2) is 0 Å². The Kier molecular flexibility index (Phi) is 4.60. The van der Waals surface area contributed by atoms with Crippen LogP contribution in [0.25, 0.3) is 6.08 Å². The van der Waals surface area contributed by atoms with Crippen molar-refractivity contribution >= 4 is 11.9 Å². The first-order valence-corrected chi connectivity index (χ1v) is 6.66.